The number of rotatable bonds is 6. The number of likely N-dealkylation sites (tertiary alicyclic amines) is 1. The summed E-state index contributed by atoms with van der Waals surface area (Å²) in [6.45, 7) is 3.74. The number of pyridine rings is 1. The zero-order chi connectivity index (χ0) is 20.8. The lowest BCUT2D eigenvalue weighted by molar-refractivity contribution is 0.0690. The molecule has 154 valence electrons. The molecular weight excluding hydrogens is 370 g/mol. The molecule has 2 aromatic carbocycles. The maximum Gasteiger partial charge on any atom is 0.255 e. The number of benzene rings is 2. The molecule has 1 aliphatic heterocycles. The Balaban J connectivity index is 1.34. The minimum Gasteiger partial charge on any atom is -0.377 e. The number of nitrogens with one attached hydrogen (secondary N) is 1. The van der Waals surface area contributed by atoms with E-state index >= 15 is 0 Å². The van der Waals surface area contributed by atoms with Gasteiger partial charge in [0, 0.05) is 31.5 Å². The van der Waals surface area contributed by atoms with Crippen LogP contribution in [0.5, 0.6) is 0 Å². The fraction of sp³-hybridized carbons (Fsp3) is 0.308. The third kappa shape index (κ3) is 5.07. The van der Waals surface area contributed by atoms with Gasteiger partial charge in [0.1, 0.15) is 0 Å². The second-order valence-electron chi connectivity index (χ2n) is 8.16. The van der Waals surface area contributed by atoms with Gasteiger partial charge in [0.15, 0.2) is 0 Å². The zero-order valence-corrected chi connectivity index (χ0v) is 17.5. The summed E-state index contributed by atoms with van der Waals surface area (Å²) in [5.74, 6) is 0.728. The molecule has 0 radical (unpaired) electrons. The average molecular weight is 400 g/mol. The fourth-order valence-electron chi connectivity index (χ4n) is 4.18. The van der Waals surface area contributed by atoms with Crippen LogP contribution in [0.15, 0.2) is 79.1 Å². The maximum absolute atomic E-state index is 13.0. The normalized spacial score (nSPS) is 15.6. The second kappa shape index (κ2) is 9.57. The Hall–Kier alpha value is -3.14. The van der Waals surface area contributed by atoms with Crippen molar-refractivity contribution in [3.8, 4) is 0 Å². The Labute approximate surface area is 179 Å². The number of carbonyl (C=O) groups is 1. The van der Waals surface area contributed by atoms with E-state index in [9.17, 15) is 4.79 Å². The van der Waals surface area contributed by atoms with Gasteiger partial charge in [0.05, 0.1) is 11.3 Å². The Morgan fingerprint density at radius 3 is 2.40 bits per heavy atom. The van der Waals surface area contributed by atoms with Gasteiger partial charge >= 0.3 is 0 Å². The minimum atomic E-state index is 0.0803. The molecule has 4 nitrogen and oxygen atoms in total. The second-order valence-corrected chi connectivity index (χ2v) is 8.16. The quantitative estimate of drug-likeness (QED) is 0.608. The molecular formula is C26H29N3O. The zero-order valence-electron chi connectivity index (χ0n) is 17.5. The van der Waals surface area contributed by atoms with Crippen LogP contribution in [0, 0.1) is 5.92 Å². The smallest absolute Gasteiger partial charge is 0.255 e. The van der Waals surface area contributed by atoms with Crippen LogP contribution in [0.3, 0.4) is 0 Å². The van der Waals surface area contributed by atoms with E-state index in [1.807, 2.05) is 29.2 Å². The van der Waals surface area contributed by atoms with Crippen molar-refractivity contribution in [1.82, 2.24) is 9.88 Å². The van der Waals surface area contributed by atoms with E-state index in [1.54, 1.807) is 12.4 Å². The van der Waals surface area contributed by atoms with Gasteiger partial charge in [-0.15, -0.1) is 0 Å². The summed E-state index contributed by atoms with van der Waals surface area (Å²) in [4.78, 5) is 19.3. The van der Waals surface area contributed by atoms with Gasteiger partial charge in [-0.2, -0.15) is 0 Å². The monoisotopic (exact) mass is 399 g/mol. The van der Waals surface area contributed by atoms with Crippen molar-refractivity contribution in [2.24, 2.45) is 5.92 Å². The van der Waals surface area contributed by atoms with E-state index in [0.29, 0.717) is 11.5 Å². The predicted molar refractivity (Wildman–Crippen MR) is 121 cm³/mol. The SMILES string of the molecule is CC(Nc1cncc(C(=O)N2CCC(Cc3ccccc3)CC2)c1)c1ccccc1. The van der Waals surface area contributed by atoms with Gasteiger partial charge in [0.2, 0.25) is 0 Å². The summed E-state index contributed by atoms with van der Waals surface area (Å²) in [6.07, 6.45) is 6.66. The highest BCUT2D eigenvalue weighted by Crippen LogP contribution is 2.24. The Bertz CT molecular complexity index is 950. The number of amides is 1. The Kier molecular flexibility index (Phi) is 6.43. The first-order valence-electron chi connectivity index (χ1n) is 10.8. The third-order valence-corrected chi connectivity index (χ3v) is 5.94. The van der Waals surface area contributed by atoms with Gasteiger partial charge in [-0.1, -0.05) is 60.7 Å². The molecule has 0 spiro atoms. The number of hydrogen-bond acceptors (Lipinski definition) is 3. The summed E-state index contributed by atoms with van der Waals surface area (Å²) in [5.41, 5.74) is 4.12. The van der Waals surface area contributed by atoms with Crippen molar-refractivity contribution < 1.29 is 4.79 Å². The van der Waals surface area contributed by atoms with Crippen molar-refractivity contribution in [3.05, 3.63) is 95.8 Å². The molecule has 1 saturated heterocycles. The van der Waals surface area contributed by atoms with E-state index in [2.05, 4.69) is 59.7 Å². The summed E-state index contributed by atoms with van der Waals surface area (Å²) in [5, 5.41) is 3.46. The Morgan fingerprint density at radius 2 is 1.70 bits per heavy atom. The molecule has 0 aliphatic carbocycles. The highest BCUT2D eigenvalue weighted by molar-refractivity contribution is 5.94. The number of anilines is 1. The molecule has 1 fully saturated rings. The van der Waals surface area contributed by atoms with Crippen LogP contribution in [-0.2, 0) is 6.42 Å². The molecule has 4 rings (SSSR count). The van der Waals surface area contributed by atoms with Crippen LogP contribution in [0.2, 0.25) is 0 Å². The number of piperidine rings is 1. The van der Waals surface area contributed by atoms with Crippen LogP contribution >= 0.6 is 0 Å². The van der Waals surface area contributed by atoms with Crippen molar-refractivity contribution in [2.45, 2.75) is 32.2 Å². The molecule has 1 atom stereocenters. The molecule has 30 heavy (non-hydrogen) atoms. The van der Waals surface area contributed by atoms with Crippen LogP contribution in [0.25, 0.3) is 0 Å². The van der Waals surface area contributed by atoms with Gasteiger partial charge in [-0.25, -0.2) is 0 Å². The molecule has 1 aromatic heterocycles. The summed E-state index contributed by atoms with van der Waals surface area (Å²) < 4.78 is 0. The predicted octanol–water partition coefficient (Wildman–Crippen LogP) is 5.35. The van der Waals surface area contributed by atoms with Crippen molar-refractivity contribution >= 4 is 11.6 Å². The largest absolute Gasteiger partial charge is 0.377 e. The number of hydrogen-bond donors (Lipinski definition) is 1. The Morgan fingerprint density at radius 1 is 1.03 bits per heavy atom. The van der Waals surface area contributed by atoms with Crippen molar-refractivity contribution in [2.75, 3.05) is 18.4 Å². The molecule has 1 amide bonds. The van der Waals surface area contributed by atoms with Crippen molar-refractivity contribution in [1.29, 1.82) is 0 Å². The number of aromatic nitrogens is 1. The van der Waals surface area contributed by atoms with Gasteiger partial charge in [0.25, 0.3) is 5.91 Å². The lowest BCUT2D eigenvalue weighted by Gasteiger charge is -2.32. The van der Waals surface area contributed by atoms with E-state index in [4.69, 9.17) is 0 Å². The maximum atomic E-state index is 13.0. The summed E-state index contributed by atoms with van der Waals surface area (Å²) >= 11 is 0. The van der Waals surface area contributed by atoms with Crippen molar-refractivity contribution in [3.63, 3.8) is 0 Å². The highest BCUT2D eigenvalue weighted by Gasteiger charge is 2.24. The first-order valence-corrected chi connectivity index (χ1v) is 10.8. The van der Waals surface area contributed by atoms with Crippen LogP contribution < -0.4 is 5.32 Å². The minimum absolute atomic E-state index is 0.0803. The molecule has 1 aliphatic rings. The molecule has 0 bridgehead atoms. The van der Waals surface area contributed by atoms with E-state index < -0.39 is 0 Å². The third-order valence-electron chi connectivity index (χ3n) is 5.94. The van der Waals surface area contributed by atoms with Gasteiger partial charge in [-0.05, 0) is 49.3 Å². The molecule has 2 heterocycles. The first-order chi connectivity index (χ1) is 14.7. The molecule has 0 saturated carbocycles. The summed E-state index contributed by atoms with van der Waals surface area (Å²) in [6, 6.07) is 23.0. The van der Waals surface area contributed by atoms with E-state index in [-0.39, 0.29) is 11.9 Å². The van der Waals surface area contributed by atoms with E-state index in [1.165, 1.54) is 11.1 Å². The number of carbonyl (C=O) groups excluding carboxylic acids is 1. The number of nitrogens with zero attached hydrogens (tertiary/aromatic N) is 2. The topological polar surface area (TPSA) is 45.2 Å². The fourth-order valence-corrected chi connectivity index (χ4v) is 4.18. The van der Waals surface area contributed by atoms with Crippen LogP contribution in [0.4, 0.5) is 5.69 Å². The van der Waals surface area contributed by atoms with Gasteiger partial charge < -0.3 is 10.2 Å². The lowest BCUT2D eigenvalue weighted by Crippen LogP contribution is -2.39. The van der Waals surface area contributed by atoms with Crippen LogP contribution in [0.1, 0.15) is 47.3 Å². The summed E-state index contributed by atoms with van der Waals surface area (Å²) in [7, 11) is 0. The molecule has 3 aromatic rings. The average Bonchev–Trinajstić information content (AvgIpc) is 2.80. The van der Waals surface area contributed by atoms with Gasteiger partial charge in [-0.3, -0.25) is 9.78 Å². The first kappa shape index (κ1) is 20.1. The lowest BCUT2D eigenvalue weighted by atomic mass is 9.90. The molecule has 1 unspecified atom stereocenters. The van der Waals surface area contributed by atoms with Crippen LogP contribution in [-0.4, -0.2) is 28.9 Å². The van der Waals surface area contributed by atoms with E-state index in [0.717, 1.165) is 38.0 Å². The molecule has 4 heteroatoms. The molecule has 1 N–H and O–H groups in total. The highest BCUT2D eigenvalue weighted by atomic mass is 16.2. The standard InChI is InChI=1S/C26H29N3O/c1-20(23-10-6-3-7-11-23)28-25-17-24(18-27-19-25)26(30)29-14-12-22(13-15-29)16-21-8-4-2-5-9-21/h2-11,17-20,22,28H,12-16H2,1H3.